The smallest absolute Gasteiger partial charge is 0.286 e. The van der Waals surface area contributed by atoms with Crippen LogP contribution in [-0.2, 0) is 19.2 Å². The summed E-state index contributed by atoms with van der Waals surface area (Å²) in [7, 11) is 0. The third kappa shape index (κ3) is 4.60. The molecule has 0 radical (unpaired) electrons. The number of nitro benzene ring substituents is 1. The summed E-state index contributed by atoms with van der Waals surface area (Å²) in [6, 6.07) is 4.91. The Kier molecular flexibility index (Phi) is 6.10. The Bertz CT molecular complexity index is 670. The standard InChI is InChI=1S/C14H15N3O7/c1-9(18)15(10(2)19)16(11(3)20)14(21)8-24-13-6-4-12(5-7-13)17(22)23/h4-7H,8H2,1-3H3. The topological polar surface area (TPSA) is 127 Å². The highest BCUT2D eigenvalue weighted by Gasteiger charge is 2.31. The number of carbonyl (C=O) groups excluding carboxylic acids is 4. The summed E-state index contributed by atoms with van der Waals surface area (Å²) in [5, 5.41) is 11.3. The van der Waals surface area contributed by atoms with Crippen molar-refractivity contribution in [2.75, 3.05) is 6.61 Å². The number of benzene rings is 1. The van der Waals surface area contributed by atoms with Gasteiger partial charge in [-0.3, -0.25) is 29.3 Å². The number of carbonyl (C=O) groups is 4. The molecule has 0 aliphatic carbocycles. The van der Waals surface area contributed by atoms with Gasteiger partial charge in [0.2, 0.25) is 17.7 Å². The molecule has 0 saturated carbocycles. The number of rotatable bonds is 4. The van der Waals surface area contributed by atoms with Crippen molar-refractivity contribution in [1.82, 2.24) is 10.0 Å². The first-order valence-electron chi connectivity index (χ1n) is 6.67. The van der Waals surface area contributed by atoms with Gasteiger partial charge in [-0.05, 0) is 12.1 Å². The summed E-state index contributed by atoms with van der Waals surface area (Å²) in [5.74, 6) is -3.23. The predicted molar refractivity (Wildman–Crippen MR) is 79.3 cm³/mol. The van der Waals surface area contributed by atoms with Crippen LogP contribution < -0.4 is 4.74 Å². The minimum atomic E-state index is -0.939. The van der Waals surface area contributed by atoms with Crippen LogP contribution in [0.1, 0.15) is 20.8 Å². The molecule has 1 rings (SSSR count). The van der Waals surface area contributed by atoms with E-state index in [1.165, 1.54) is 24.3 Å². The Hall–Kier alpha value is -3.30. The van der Waals surface area contributed by atoms with E-state index in [4.69, 9.17) is 4.74 Å². The molecule has 10 nitrogen and oxygen atoms in total. The molecule has 0 bridgehead atoms. The van der Waals surface area contributed by atoms with E-state index in [1.807, 2.05) is 0 Å². The molecule has 0 atom stereocenters. The molecule has 0 aliphatic rings. The molecule has 128 valence electrons. The largest absolute Gasteiger partial charge is 0.484 e. The molecule has 0 spiro atoms. The van der Waals surface area contributed by atoms with Gasteiger partial charge in [0.15, 0.2) is 6.61 Å². The highest BCUT2D eigenvalue weighted by molar-refractivity contribution is 6.02. The third-order valence-electron chi connectivity index (χ3n) is 2.74. The first-order valence-corrected chi connectivity index (χ1v) is 6.67. The number of ether oxygens (including phenoxy) is 1. The second-order valence-corrected chi connectivity index (χ2v) is 4.61. The van der Waals surface area contributed by atoms with E-state index in [2.05, 4.69) is 0 Å². The van der Waals surface area contributed by atoms with Gasteiger partial charge in [0.25, 0.3) is 11.6 Å². The lowest BCUT2D eigenvalue weighted by Crippen LogP contribution is -2.54. The summed E-state index contributed by atoms with van der Waals surface area (Å²) in [6.07, 6.45) is 0. The summed E-state index contributed by atoms with van der Waals surface area (Å²) in [4.78, 5) is 56.6. The second-order valence-electron chi connectivity index (χ2n) is 4.61. The highest BCUT2D eigenvalue weighted by atomic mass is 16.6. The summed E-state index contributed by atoms with van der Waals surface area (Å²) in [6.45, 7) is 2.43. The van der Waals surface area contributed by atoms with Crippen molar-refractivity contribution in [1.29, 1.82) is 0 Å². The van der Waals surface area contributed by atoms with E-state index in [0.29, 0.717) is 10.0 Å². The Morgan fingerprint density at radius 3 is 1.79 bits per heavy atom. The molecular weight excluding hydrogens is 322 g/mol. The van der Waals surface area contributed by atoms with Crippen LogP contribution in [0.5, 0.6) is 5.75 Å². The molecule has 0 heterocycles. The molecule has 0 aliphatic heterocycles. The van der Waals surface area contributed by atoms with Gasteiger partial charge in [0.05, 0.1) is 4.92 Å². The van der Waals surface area contributed by atoms with E-state index in [-0.39, 0.29) is 11.4 Å². The van der Waals surface area contributed by atoms with Crippen LogP contribution >= 0.6 is 0 Å². The first-order chi connectivity index (χ1) is 11.1. The molecule has 10 heteroatoms. The Labute approximate surface area is 136 Å². The van der Waals surface area contributed by atoms with Gasteiger partial charge in [0, 0.05) is 32.9 Å². The van der Waals surface area contributed by atoms with Gasteiger partial charge in [-0.25, -0.2) is 0 Å². The zero-order valence-corrected chi connectivity index (χ0v) is 13.2. The molecule has 0 N–H and O–H groups in total. The van der Waals surface area contributed by atoms with Crippen LogP contribution in [0.3, 0.4) is 0 Å². The Balaban J connectivity index is 2.86. The van der Waals surface area contributed by atoms with Crippen molar-refractivity contribution < 1.29 is 28.8 Å². The SMILES string of the molecule is CC(=O)N(C(C)=O)N(C(C)=O)C(=O)COc1ccc([N+](=O)[O-])cc1. The summed E-state index contributed by atoms with van der Waals surface area (Å²) >= 11 is 0. The van der Waals surface area contributed by atoms with Gasteiger partial charge in [0.1, 0.15) is 5.75 Å². The van der Waals surface area contributed by atoms with Crippen molar-refractivity contribution in [2.45, 2.75) is 20.8 Å². The zero-order valence-electron chi connectivity index (χ0n) is 13.2. The normalized spacial score (nSPS) is 9.79. The van der Waals surface area contributed by atoms with Crippen LogP contribution in [0.4, 0.5) is 5.69 Å². The van der Waals surface area contributed by atoms with E-state index in [1.54, 1.807) is 0 Å². The number of non-ortho nitro benzene ring substituents is 1. The van der Waals surface area contributed by atoms with Crippen LogP contribution in [0, 0.1) is 10.1 Å². The van der Waals surface area contributed by atoms with E-state index < -0.39 is 35.2 Å². The number of hydrazine groups is 1. The lowest BCUT2D eigenvalue weighted by molar-refractivity contribution is -0.384. The minimum absolute atomic E-state index is 0.148. The quantitative estimate of drug-likeness (QED) is 0.583. The first kappa shape index (κ1) is 18.7. The molecule has 0 unspecified atom stereocenters. The fourth-order valence-corrected chi connectivity index (χ4v) is 1.80. The number of hydrogen-bond donors (Lipinski definition) is 0. The van der Waals surface area contributed by atoms with Crippen molar-refractivity contribution in [2.24, 2.45) is 0 Å². The van der Waals surface area contributed by atoms with Gasteiger partial charge < -0.3 is 4.74 Å². The van der Waals surface area contributed by atoms with E-state index >= 15 is 0 Å². The molecular formula is C14H15N3O7. The molecule has 0 aromatic heterocycles. The average molecular weight is 337 g/mol. The highest BCUT2D eigenvalue weighted by Crippen LogP contribution is 2.17. The van der Waals surface area contributed by atoms with Crippen LogP contribution in [0.2, 0.25) is 0 Å². The maximum Gasteiger partial charge on any atom is 0.286 e. The van der Waals surface area contributed by atoms with Gasteiger partial charge >= 0.3 is 0 Å². The molecule has 24 heavy (non-hydrogen) atoms. The Morgan fingerprint density at radius 2 is 1.42 bits per heavy atom. The van der Waals surface area contributed by atoms with Gasteiger partial charge in [-0.2, -0.15) is 10.0 Å². The molecule has 1 aromatic carbocycles. The summed E-state index contributed by atoms with van der Waals surface area (Å²) < 4.78 is 5.13. The fraction of sp³-hybridized carbons (Fsp3) is 0.286. The number of imide groups is 2. The van der Waals surface area contributed by atoms with E-state index in [0.717, 1.165) is 20.8 Å². The number of nitrogens with zero attached hydrogens (tertiary/aromatic N) is 3. The summed E-state index contributed by atoms with van der Waals surface area (Å²) in [5.41, 5.74) is -0.154. The van der Waals surface area contributed by atoms with Crippen molar-refractivity contribution in [3.05, 3.63) is 34.4 Å². The third-order valence-corrected chi connectivity index (χ3v) is 2.74. The van der Waals surface area contributed by atoms with Gasteiger partial charge in [-0.15, -0.1) is 0 Å². The molecule has 0 fully saturated rings. The molecule has 0 saturated heterocycles. The van der Waals surface area contributed by atoms with Crippen LogP contribution in [-0.4, -0.2) is 45.2 Å². The number of hydrogen-bond acceptors (Lipinski definition) is 7. The van der Waals surface area contributed by atoms with Gasteiger partial charge in [-0.1, -0.05) is 0 Å². The molecule has 1 aromatic rings. The second kappa shape index (κ2) is 7.81. The Morgan fingerprint density at radius 1 is 0.958 bits per heavy atom. The van der Waals surface area contributed by atoms with Crippen molar-refractivity contribution in [3.8, 4) is 5.75 Å². The predicted octanol–water partition coefficient (Wildman–Crippen LogP) is 0.659. The number of amides is 4. The molecule has 4 amide bonds. The monoisotopic (exact) mass is 337 g/mol. The van der Waals surface area contributed by atoms with Crippen molar-refractivity contribution in [3.63, 3.8) is 0 Å². The van der Waals surface area contributed by atoms with Crippen LogP contribution in [0.25, 0.3) is 0 Å². The van der Waals surface area contributed by atoms with Crippen molar-refractivity contribution >= 4 is 29.3 Å². The average Bonchev–Trinajstić information content (AvgIpc) is 2.49. The maximum atomic E-state index is 12.1. The minimum Gasteiger partial charge on any atom is -0.484 e. The zero-order chi connectivity index (χ0) is 18.4. The maximum absolute atomic E-state index is 12.1. The van der Waals surface area contributed by atoms with Crippen LogP contribution in [0.15, 0.2) is 24.3 Å². The number of nitro groups is 1. The van der Waals surface area contributed by atoms with E-state index in [9.17, 15) is 29.3 Å². The lowest BCUT2D eigenvalue weighted by Gasteiger charge is -2.28. The fourth-order valence-electron chi connectivity index (χ4n) is 1.80. The lowest BCUT2D eigenvalue weighted by atomic mass is 10.3.